The van der Waals surface area contributed by atoms with Crippen LogP contribution in [0.2, 0.25) is 0 Å². The third-order valence-corrected chi connectivity index (χ3v) is 3.45. The molecule has 1 aromatic heterocycles. The topological polar surface area (TPSA) is 57.2 Å². The number of rotatable bonds is 5. The van der Waals surface area contributed by atoms with E-state index in [9.17, 15) is 4.79 Å². The van der Waals surface area contributed by atoms with Crippen molar-refractivity contribution in [3.8, 4) is 6.07 Å². The third-order valence-electron chi connectivity index (χ3n) is 3.45. The largest absolute Gasteiger partial charge is 0.461 e. The van der Waals surface area contributed by atoms with Gasteiger partial charge in [-0.1, -0.05) is 6.92 Å². The van der Waals surface area contributed by atoms with Crippen LogP contribution < -0.4 is 0 Å². The maximum atomic E-state index is 11.7. The van der Waals surface area contributed by atoms with E-state index in [2.05, 4.69) is 6.92 Å². The minimum atomic E-state index is -0.118. The zero-order chi connectivity index (χ0) is 13.8. The predicted octanol–water partition coefficient (Wildman–Crippen LogP) is 2.79. The molecular weight excluding hydrogens is 240 g/mol. The summed E-state index contributed by atoms with van der Waals surface area (Å²) in [6, 6.07) is 5.89. The highest BCUT2D eigenvalue weighted by Gasteiger charge is 2.36. The molecule has 0 unspecified atom stereocenters. The Labute approximate surface area is 113 Å². The summed E-state index contributed by atoms with van der Waals surface area (Å²) in [6.07, 6.45) is 4.70. The van der Waals surface area contributed by atoms with Gasteiger partial charge in [0.25, 0.3) is 0 Å². The third kappa shape index (κ3) is 3.47. The summed E-state index contributed by atoms with van der Waals surface area (Å²) in [5, 5.41) is 8.47. The zero-order valence-corrected chi connectivity index (χ0v) is 11.3. The maximum absolute atomic E-state index is 11.7. The number of furan rings is 1. The number of hydrogen-bond acceptors (Lipinski definition) is 3. The van der Waals surface area contributed by atoms with Crippen LogP contribution >= 0.6 is 0 Å². The second-order valence-electron chi connectivity index (χ2n) is 5.06. The standard InChI is InChI=1S/C15H18N2O2/c1-11-10-13(11)14-6-4-12(19-14)5-7-15(18)17(2)9-3-8-16/h4-7,11,13H,3,9-10H2,1-2H3/b7-5+/t11-,13-/m1/s1. The molecule has 0 spiro atoms. The monoisotopic (exact) mass is 258 g/mol. The van der Waals surface area contributed by atoms with E-state index in [0.29, 0.717) is 30.6 Å². The molecule has 0 radical (unpaired) electrons. The summed E-state index contributed by atoms with van der Waals surface area (Å²) >= 11 is 0. The van der Waals surface area contributed by atoms with Gasteiger partial charge in [0.1, 0.15) is 11.5 Å². The summed E-state index contributed by atoms with van der Waals surface area (Å²) in [6.45, 7) is 2.65. The molecule has 1 saturated carbocycles. The van der Waals surface area contributed by atoms with Gasteiger partial charge in [0.15, 0.2) is 0 Å². The summed E-state index contributed by atoms with van der Waals surface area (Å²) < 4.78 is 5.68. The Kier molecular flexibility index (Phi) is 4.06. The molecule has 0 aliphatic heterocycles. The second kappa shape index (κ2) is 5.75. The Morgan fingerprint density at radius 1 is 1.63 bits per heavy atom. The van der Waals surface area contributed by atoms with Crippen molar-refractivity contribution in [2.75, 3.05) is 13.6 Å². The van der Waals surface area contributed by atoms with Crippen molar-refractivity contribution in [1.29, 1.82) is 5.26 Å². The van der Waals surface area contributed by atoms with Crippen molar-refractivity contribution in [2.45, 2.75) is 25.7 Å². The molecule has 1 aliphatic carbocycles. The number of carbonyl (C=O) groups excluding carboxylic acids is 1. The average Bonchev–Trinajstić information content (AvgIpc) is 2.95. The van der Waals surface area contributed by atoms with Gasteiger partial charge in [0.05, 0.1) is 12.5 Å². The van der Waals surface area contributed by atoms with Gasteiger partial charge in [-0.3, -0.25) is 4.79 Å². The maximum Gasteiger partial charge on any atom is 0.246 e. The molecule has 1 heterocycles. The lowest BCUT2D eigenvalue weighted by molar-refractivity contribution is -0.124. The molecule has 0 N–H and O–H groups in total. The van der Waals surface area contributed by atoms with E-state index in [1.807, 2.05) is 18.2 Å². The van der Waals surface area contributed by atoms with Gasteiger partial charge in [-0.25, -0.2) is 0 Å². The summed E-state index contributed by atoms with van der Waals surface area (Å²) in [5.74, 6) is 2.86. The fourth-order valence-corrected chi connectivity index (χ4v) is 1.98. The predicted molar refractivity (Wildman–Crippen MR) is 72.1 cm³/mol. The smallest absolute Gasteiger partial charge is 0.246 e. The number of nitriles is 1. The number of nitrogens with zero attached hydrogens (tertiary/aromatic N) is 2. The Morgan fingerprint density at radius 2 is 2.37 bits per heavy atom. The van der Waals surface area contributed by atoms with Gasteiger partial charge in [0.2, 0.25) is 5.91 Å². The highest BCUT2D eigenvalue weighted by Crippen LogP contribution is 2.47. The van der Waals surface area contributed by atoms with Crippen molar-refractivity contribution in [3.05, 3.63) is 29.7 Å². The first kappa shape index (κ1) is 13.4. The lowest BCUT2D eigenvalue weighted by Gasteiger charge is -2.11. The van der Waals surface area contributed by atoms with Gasteiger partial charge in [-0.15, -0.1) is 0 Å². The fourth-order valence-electron chi connectivity index (χ4n) is 1.98. The Hall–Kier alpha value is -2.02. The molecule has 1 fully saturated rings. The lowest BCUT2D eigenvalue weighted by atomic mass is 10.3. The van der Waals surface area contributed by atoms with Gasteiger partial charge in [-0.2, -0.15) is 5.26 Å². The molecular formula is C15H18N2O2. The molecule has 2 atom stereocenters. The van der Waals surface area contributed by atoms with Crippen LogP contribution in [-0.4, -0.2) is 24.4 Å². The van der Waals surface area contributed by atoms with Crippen LogP contribution in [0.4, 0.5) is 0 Å². The summed E-state index contributed by atoms with van der Waals surface area (Å²) in [4.78, 5) is 13.2. The van der Waals surface area contributed by atoms with Crippen LogP contribution in [0.3, 0.4) is 0 Å². The normalized spacial score (nSPS) is 21.3. The minimum Gasteiger partial charge on any atom is -0.461 e. The van der Waals surface area contributed by atoms with Crippen molar-refractivity contribution in [1.82, 2.24) is 4.90 Å². The van der Waals surface area contributed by atoms with Crippen molar-refractivity contribution < 1.29 is 9.21 Å². The van der Waals surface area contributed by atoms with Crippen LogP contribution in [-0.2, 0) is 4.79 Å². The van der Waals surface area contributed by atoms with Crippen LogP contribution in [0.25, 0.3) is 6.08 Å². The van der Waals surface area contributed by atoms with Crippen LogP contribution in [0, 0.1) is 17.2 Å². The van der Waals surface area contributed by atoms with E-state index >= 15 is 0 Å². The summed E-state index contributed by atoms with van der Waals surface area (Å²) in [5.41, 5.74) is 0. The number of amides is 1. The number of likely N-dealkylation sites (N-methyl/N-ethyl adjacent to an activating group) is 1. The molecule has 4 nitrogen and oxygen atoms in total. The molecule has 0 saturated heterocycles. The van der Waals surface area contributed by atoms with E-state index in [4.69, 9.17) is 9.68 Å². The summed E-state index contributed by atoms with van der Waals surface area (Å²) in [7, 11) is 1.68. The Morgan fingerprint density at radius 3 is 3.00 bits per heavy atom. The zero-order valence-electron chi connectivity index (χ0n) is 11.3. The van der Waals surface area contributed by atoms with Gasteiger partial charge >= 0.3 is 0 Å². The molecule has 0 aromatic carbocycles. The molecule has 1 aromatic rings. The average molecular weight is 258 g/mol. The van der Waals surface area contributed by atoms with Gasteiger partial charge < -0.3 is 9.32 Å². The molecule has 4 heteroatoms. The highest BCUT2D eigenvalue weighted by molar-refractivity contribution is 5.91. The highest BCUT2D eigenvalue weighted by atomic mass is 16.3. The molecule has 0 bridgehead atoms. The van der Waals surface area contributed by atoms with Crippen molar-refractivity contribution >= 4 is 12.0 Å². The first-order valence-electron chi connectivity index (χ1n) is 6.51. The Balaban J connectivity index is 1.89. The van der Waals surface area contributed by atoms with Crippen LogP contribution in [0.1, 0.15) is 37.2 Å². The fraction of sp³-hybridized carbons (Fsp3) is 0.467. The molecule has 2 rings (SSSR count). The van der Waals surface area contributed by atoms with Gasteiger partial charge in [-0.05, 0) is 30.5 Å². The van der Waals surface area contributed by atoms with Crippen molar-refractivity contribution in [3.63, 3.8) is 0 Å². The quantitative estimate of drug-likeness (QED) is 0.763. The van der Waals surface area contributed by atoms with Gasteiger partial charge in [0, 0.05) is 25.6 Å². The first-order chi connectivity index (χ1) is 9.11. The van der Waals surface area contributed by atoms with E-state index in [-0.39, 0.29) is 5.91 Å². The SMILES string of the molecule is C[C@@H]1C[C@H]1c1ccc(/C=C/C(=O)N(C)CCC#N)o1. The van der Waals surface area contributed by atoms with E-state index < -0.39 is 0 Å². The number of hydrogen-bond donors (Lipinski definition) is 0. The second-order valence-corrected chi connectivity index (χ2v) is 5.06. The minimum absolute atomic E-state index is 0.118. The van der Waals surface area contributed by atoms with E-state index in [1.54, 1.807) is 13.1 Å². The molecule has 100 valence electrons. The molecule has 1 amide bonds. The van der Waals surface area contributed by atoms with Crippen LogP contribution in [0.15, 0.2) is 22.6 Å². The number of carbonyl (C=O) groups is 1. The van der Waals surface area contributed by atoms with E-state index in [0.717, 1.165) is 5.76 Å². The molecule has 1 aliphatic rings. The van der Waals surface area contributed by atoms with Crippen LogP contribution in [0.5, 0.6) is 0 Å². The first-order valence-corrected chi connectivity index (χ1v) is 6.51. The Bertz CT molecular complexity index is 524. The van der Waals surface area contributed by atoms with Crippen molar-refractivity contribution in [2.24, 2.45) is 5.92 Å². The van der Waals surface area contributed by atoms with E-state index in [1.165, 1.54) is 17.4 Å². The lowest BCUT2D eigenvalue weighted by Crippen LogP contribution is -2.25. The molecule has 19 heavy (non-hydrogen) atoms.